The van der Waals surface area contributed by atoms with Crippen molar-refractivity contribution in [1.82, 2.24) is 10.3 Å². The van der Waals surface area contributed by atoms with Crippen LogP contribution in [0.4, 0.5) is 19.0 Å². The Morgan fingerprint density at radius 2 is 2.04 bits per heavy atom. The third-order valence-electron chi connectivity index (χ3n) is 4.72. The molecule has 152 valence electrons. The summed E-state index contributed by atoms with van der Waals surface area (Å²) >= 11 is 0. The van der Waals surface area contributed by atoms with Crippen LogP contribution in [-0.2, 0) is 12.7 Å². The van der Waals surface area contributed by atoms with E-state index in [0.717, 1.165) is 43.0 Å². The number of rotatable bonds is 7. The molecule has 1 aliphatic rings. The van der Waals surface area contributed by atoms with Crippen molar-refractivity contribution in [3.63, 3.8) is 0 Å². The lowest BCUT2D eigenvalue weighted by Gasteiger charge is -2.34. The van der Waals surface area contributed by atoms with Gasteiger partial charge in [0.05, 0.1) is 12.2 Å². The third kappa shape index (κ3) is 5.36. The fraction of sp³-hybridized carbons (Fsp3) is 0.450. The fourth-order valence-corrected chi connectivity index (χ4v) is 3.29. The molecule has 0 amide bonds. The van der Waals surface area contributed by atoms with E-state index in [1.54, 1.807) is 0 Å². The van der Waals surface area contributed by atoms with Gasteiger partial charge in [-0.3, -0.25) is 0 Å². The second-order valence-corrected chi connectivity index (χ2v) is 6.75. The van der Waals surface area contributed by atoms with E-state index in [9.17, 15) is 13.2 Å². The Morgan fingerprint density at radius 1 is 1.21 bits per heavy atom. The summed E-state index contributed by atoms with van der Waals surface area (Å²) in [6, 6.07) is 10.4. The first-order valence-corrected chi connectivity index (χ1v) is 9.30. The third-order valence-corrected chi connectivity index (χ3v) is 4.72. The largest absolute Gasteiger partial charge is 0.491 e. The number of benzene rings is 1. The lowest BCUT2D eigenvalue weighted by Crippen LogP contribution is -2.45. The number of nitrogens with one attached hydrogen (secondary N) is 1. The van der Waals surface area contributed by atoms with Gasteiger partial charge in [0.2, 0.25) is 0 Å². The van der Waals surface area contributed by atoms with Gasteiger partial charge in [0.1, 0.15) is 18.2 Å². The van der Waals surface area contributed by atoms with E-state index in [4.69, 9.17) is 9.84 Å². The molecule has 1 fully saturated rings. The SMILES string of the molecule is OCCOc1ccccc1CNC1CCCN(c2ccc(C(F)(F)F)cn2)C1. The molecule has 8 heteroatoms. The molecule has 1 aromatic carbocycles. The molecule has 1 aromatic heterocycles. The molecule has 2 N–H and O–H groups in total. The van der Waals surface area contributed by atoms with Crippen molar-refractivity contribution in [3.8, 4) is 5.75 Å². The van der Waals surface area contributed by atoms with E-state index >= 15 is 0 Å². The Bertz CT molecular complexity index is 753. The van der Waals surface area contributed by atoms with Crippen molar-refractivity contribution < 1.29 is 23.0 Å². The number of aliphatic hydroxyl groups excluding tert-OH is 1. The van der Waals surface area contributed by atoms with Crippen LogP contribution in [0, 0.1) is 0 Å². The highest BCUT2D eigenvalue weighted by molar-refractivity contribution is 5.40. The summed E-state index contributed by atoms with van der Waals surface area (Å²) in [5, 5.41) is 12.4. The number of hydrogen-bond donors (Lipinski definition) is 2. The van der Waals surface area contributed by atoms with E-state index < -0.39 is 11.7 Å². The van der Waals surface area contributed by atoms with Gasteiger partial charge < -0.3 is 20.1 Å². The number of para-hydroxylation sites is 1. The minimum absolute atomic E-state index is 0.0422. The minimum Gasteiger partial charge on any atom is -0.491 e. The van der Waals surface area contributed by atoms with Gasteiger partial charge in [-0.25, -0.2) is 4.98 Å². The quantitative estimate of drug-likeness (QED) is 0.754. The molecule has 1 atom stereocenters. The van der Waals surface area contributed by atoms with Crippen LogP contribution in [0.1, 0.15) is 24.0 Å². The van der Waals surface area contributed by atoms with Crippen LogP contribution >= 0.6 is 0 Å². The standard InChI is InChI=1S/C20H24F3N3O2/c21-20(22,23)16-7-8-19(25-13-16)26-9-3-5-17(14-26)24-12-15-4-1-2-6-18(15)28-11-10-27/h1-2,4,6-8,13,17,24,27H,3,5,9-12,14H2. The number of halogens is 3. The van der Waals surface area contributed by atoms with E-state index in [2.05, 4.69) is 10.3 Å². The topological polar surface area (TPSA) is 57.6 Å². The van der Waals surface area contributed by atoms with E-state index in [-0.39, 0.29) is 19.3 Å². The highest BCUT2D eigenvalue weighted by Gasteiger charge is 2.31. The first kappa shape index (κ1) is 20.4. The molecule has 3 rings (SSSR count). The number of hydrogen-bond acceptors (Lipinski definition) is 5. The summed E-state index contributed by atoms with van der Waals surface area (Å²) < 4.78 is 43.7. The summed E-state index contributed by atoms with van der Waals surface area (Å²) in [5.74, 6) is 1.30. The fourth-order valence-electron chi connectivity index (χ4n) is 3.29. The van der Waals surface area contributed by atoms with Crippen LogP contribution in [0.2, 0.25) is 0 Å². The summed E-state index contributed by atoms with van der Waals surface area (Å²) in [5.41, 5.74) is 0.267. The Morgan fingerprint density at radius 3 is 2.75 bits per heavy atom. The number of aliphatic hydroxyl groups is 1. The second-order valence-electron chi connectivity index (χ2n) is 6.75. The molecule has 2 heterocycles. The Balaban J connectivity index is 1.58. The van der Waals surface area contributed by atoms with E-state index in [1.807, 2.05) is 29.2 Å². The molecule has 1 saturated heterocycles. The molecule has 1 aliphatic heterocycles. The molecular formula is C20H24F3N3O2. The van der Waals surface area contributed by atoms with Crippen molar-refractivity contribution in [3.05, 3.63) is 53.7 Å². The molecule has 0 saturated carbocycles. The van der Waals surface area contributed by atoms with Crippen LogP contribution in [0.5, 0.6) is 5.75 Å². The molecule has 5 nitrogen and oxygen atoms in total. The lowest BCUT2D eigenvalue weighted by molar-refractivity contribution is -0.137. The predicted octanol–water partition coefficient (Wildman–Crippen LogP) is 3.23. The molecule has 0 radical (unpaired) electrons. The van der Waals surface area contributed by atoms with Crippen molar-refractivity contribution >= 4 is 5.82 Å². The number of aromatic nitrogens is 1. The Labute approximate surface area is 162 Å². The molecule has 28 heavy (non-hydrogen) atoms. The number of piperidine rings is 1. The van der Waals surface area contributed by atoms with Gasteiger partial charge in [0.15, 0.2) is 0 Å². The summed E-state index contributed by atoms with van der Waals surface area (Å²) in [6.45, 7) is 2.26. The molecule has 0 bridgehead atoms. The highest BCUT2D eigenvalue weighted by atomic mass is 19.4. The van der Waals surface area contributed by atoms with Crippen LogP contribution in [0.15, 0.2) is 42.6 Å². The predicted molar refractivity (Wildman–Crippen MR) is 100 cm³/mol. The van der Waals surface area contributed by atoms with Crippen molar-refractivity contribution in [2.45, 2.75) is 31.6 Å². The number of anilines is 1. The van der Waals surface area contributed by atoms with Gasteiger partial charge in [-0.05, 0) is 31.0 Å². The number of pyridine rings is 1. The zero-order valence-electron chi connectivity index (χ0n) is 15.5. The van der Waals surface area contributed by atoms with E-state index in [0.29, 0.717) is 18.9 Å². The molecule has 0 aliphatic carbocycles. The van der Waals surface area contributed by atoms with Crippen LogP contribution in [0.3, 0.4) is 0 Å². The van der Waals surface area contributed by atoms with Crippen molar-refractivity contribution in [2.24, 2.45) is 0 Å². The second kappa shape index (κ2) is 9.25. The van der Waals surface area contributed by atoms with Gasteiger partial charge in [0, 0.05) is 37.4 Å². The Kier molecular flexibility index (Phi) is 6.74. The normalized spacial score (nSPS) is 17.6. The first-order valence-electron chi connectivity index (χ1n) is 9.30. The number of ether oxygens (including phenoxy) is 1. The number of nitrogens with zero attached hydrogens (tertiary/aromatic N) is 2. The van der Waals surface area contributed by atoms with Gasteiger partial charge in [-0.1, -0.05) is 18.2 Å². The molecule has 0 spiro atoms. The minimum atomic E-state index is -4.37. The van der Waals surface area contributed by atoms with Crippen molar-refractivity contribution in [2.75, 3.05) is 31.2 Å². The average molecular weight is 395 g/mol. The summed E-state index contributed by atoms with van der Waals surface area (Å²) in [7, 11) is 0. The molecule has 1 unspecified atom stereocenters. The monoisotopic (exact) mass is 395 g/mol. The van der Waals surface area contributed by atoms with Crippen LogP contribution in [-0.4, -0.2) is 42.4 Å². The van der Waals surface area contributed by atoms with Gasteiger partial charge >= 0.3 is 6.18 Å². The van der Waals surface area contributed by atoms with Gasteiger partial charge in [-0.15, -0.1) is 0 Å². The van der Waals surface area contributed by atoms with Gasteiger partial charge in [-0.2, -0.15) is 13.2 Å². The van der Waals surface area contributed by atoms with Crippen LogP contribution in [0.25, 0.3) is 0 Å². The number of alkyl halides is 3. The zero-order chi connectivity index (χ0) is 20.0. The van der Waals surface area contributed by atoms with E-state index in [1.165, 1.54) is 6.07 Å². The van der Waals surface area contributed by atoms with Crippen molar-refractivity contribution in [1.29, 1.82) is 0 Å². The first-order chi connectivity index (χ1) is 13.5. The smallest absolute Gasteiger partial charge is 0.417 e. The highest BCUT2D eigenvalue weighted by Crippen LogP contribution is 2.30. The lowest BCUT2D eigenvalue weighted by atomic mass is 10.0. The zero-order valence-corrected chi connectivity index (χ0v) is 15.5. The maximum atomic E-state index is 12.7. The van der Waals surface area contributed by atoms with Gasteiger partial charge in [0.25, 0.3) is 0 Å². The average Bonchev–Trinajstić information content (AvgIpc) is 2.71. The summed E-state index contributed by atoms with van der Waals surface area (Å²) in [6.07, 6.45) is -1.57. The summed E-state index contributed by atoms with van der Waals surface area (Å²) in [4.78, 5) is 6.01. The maximum absolute atomic E-state index is 12.7. The van der Waals surface area contributed by atoms with Crippen LogP contribution < -0.4 is 15.0 Å². The molecular weight excluding hydrogens is 371 g/mol. The maximum Gasteiger partial charge on any atom is 0.417 e. The molecule has 2 aromatic rings. The Hall–Kier alpha value is -2.32.